The van der Waals surface area contributed by atoms with Crippen molar-refractivity contribution >= 4 is 22.8 Å². The molecule has 0 radical (unpaired) electrons. The number of halogens is 1. The van der Waals surface area contributed by atoms with Crippen molar-refractivity contribution in [2.75, 3.05) is 18.8 Å². The monoisotopic (exact) mass is 511 g/mol. The van der Waals surface area contributed by atoms with Crippen LogP contribution in [0.2, 0.25) is 0 Å². The largest absolute Gasteiger partial charge is 0.457 e. The lowest BCUT2D eigenvalue weighted by atomic mass is 9.98. The highest BCUT2D eigenvalue weighted by Gasteiger charge is 2.33. The van der Waals surface area contributed by atoms with Gasteiger partial charge in [0, 0.05) is 37.2 Å². The highest BCUT2D eigenvalue weighted by molar-refractivity contribution is 5.99. The fourth-order valence-electron chi connectivity index (χ4n) is 4.48. The van der Waals surface area contributed by atoms with Gasteiger partial charge in [-0.1, -0.05) is 38.1 Å². The molecular weight excluding hydrogens is 485 g/mol. The first-order valence-electron chi connectivity index (χ1n) is 12.2. The minimum atomic E-state index is -0.519. The van der Waals surface area contributed by atoms with Gasteiger partial charge in [0.15, 0.2) is 5.65 Å². The highest BCUT2D eigenvalue weighted by atomic mass is 19.1. The Balaban J connectivity index is 1.38. The summed E-state index contributed by atoms with van der Waals surface area (Å²) >= 11 is 0. The molecule has 1 aliphatic heterocycles. The number of likely N-dealkylation sites (tertiary alicyclic amines) is 1. The van der Waals surface area contributed by atoms with Crippen LogP contribution in [0.25, 0.3) is 22.3 Å². The van der Waals surface area contributed by atoms with Gasteiger partial charge in [-0.25, -0.2) is 19.0 Å². The van der Waals surface area contributed by atoms with E-state index >= 15 is 4.39 Å². The molecule has 192 valence electrons. The Kier molecular flexibility index (Phi) is 6.75. The Bertz CT molecular complexity index is 1570. The van der Waals surface area contributed by atoms with Gasteiger partial charge in [0.25, 0.3) is 5.91 Å². The normalized spacial score (nSPS) is 14.0. The first kappa shape index (κ1) is 24.9. The van der Waals surface area contributed by atoms with E-state index < -0.39 is 5.82 Å². The molecule has 1 saturated heterocycles. The fraction of sp³-hybridized carbons (Fsp3) is 0.250. The van der Waals surface area contributed by atoms with Crippen molar-refractivity contribution in [3.8, 4) is 28.8 Å². The highest BCUT2D eigenvalue weighted by Crippen LogP contribution is 2.35. The maximum atomic E-state index is 15.3. The van der Waals surface area contributed by atoms with E-state index in [1.54, 1.807) is 39.9 Å². The number of amides is 1. The van der Waals surface area contributed by atoms with Crippen LogP contribution < -0.4 is 10.5 Å². The van der Waals surface area contributed by atoms with Gasteiger partial charge >= 0.3 is 0 Å². The van der Waals surface area contributed by atoms with E-state index in [4.69, 9.17) is 10.5 Å². The number of hydrogen-bond acceptors (Lipinski definition) is 7. The zero-order chi connectivity index (χ0) is 26.8. The molecule has 9 nitrogen and oxygen atoms in total. The molecule has 0 spiro atoms. The summed E-state index contributed by atoms with van der Waals surface area (Å²) in [6.07, 6.45) is 3.02. The smallest absolute Gasteiger partial charge is 0.264 e. The van der Waals surface area contributed by atoms with E-state index in [9.17, 15) is 10.1 Å². The summed E-state index contributed by atoms with van der Waals surface area (Å²) in [7, 11) is 0. The van der Waals surface area contributed by atoms with Gasteiger partial charge in [0.2, 0.25) is 0 Å². The van der Waals surface area contributed by atoms with Crippen LogP contribution in [0.5, 0.6) is 11.5 Å². The number of benzene rings is 2. The number of carbonyl (C=O) groups excluding carboxylic acids is 1. The Morgan fingerprint density at radius 2 is 1.97 bits per heavy atom. The average Bonchev–Trinajstić information content (AvgIpc) is 3.24. The van der Waals surface area contributed by atoms with Crippen molar-refractivity contribution in [2.45, 2.75) is 20.4 Å². The minimum absolute atomic E-state index is 0.0941. The number of para-hydroxylation sites is 1. The number of rotatable bonds is 7. The summed E-state index contributed by atoms with van der Waals surface area (Å²) in [5.74, 6) is 0.558. The maximum absolute atomic E-state index is 15.3. The molecule has 1 amide bonds. The molecule has 1 aliphatic rings. The number of carbonyl (C=O) groups is 1. The van der Waals surface area contributed by atoms with Crippen LogP contribution in [0, 0.1) is 29.0 Å². The first-order valence-corrected chi connectivity index (χ1v) is 12.2. The molecule has 4 aromatic rings. The second-order valence-electron chi connectivity index (χ2n) is 9.56. The van der Waals surface area contributed by atoms with Crippen molar-refractivity contribution in [2.24, 2.45) is 11.8 Å². The minimum Gasteiger partial charge on any atom is -0.457 e. The average molecular weight is 512 g/mol. The molecule has 2 aromatic heterocycles. The van der Waals surface area contributed by atoms with Gasteiger partial charge in [0.1, 0.15) is 46.8 Å². The second kappa shape index (κ2) is 10.3. The van der Waals surface area contributed by atoms with Gasteiger partial charge in [0.05, 0.1) is 5.39 Å². The molecule has 3 heterocycles. The predicted molar refractivity (Wildman–Crippen MR) is 140 cm³/mol. The number of ether oxygens (including phenoxy) is 1. The molecule has 0 aliphatic carbocycles. The zero-order valence-corrected chi connectivity index (χ0v) is 21.0. The van der Waals surface area contributed by atoms with E-state index in [1.807, 2.05) is 38.1 Å². The van der Waals surface area contributed by atoms with Crippen molar-refractivity contribution in [1.29, 1.82) is 5.26 Å². The molecule has 2 aromatic carbocycles. The van der Waals surface area contributed by atoms with Crippen molar-refractivity contribution in [3.05, 3.63) is 72.3 Å². The second-order valence-corrected chi connectivity index (χ2v) is 9.56. The Labute approximate surface area is 219 Å². The quantitative estimate of drug-likeness (QED) is 0.285. The van der Waals surface area contributed by atoms with Crippen LogP contribution in [0.3, 0.4) is 0 Å². The van der Waals surface area contributed by atoms with Crippen LogP contribution in [0.4, 0.5) is 10.2 Å². The number of hydrogen-bond donors (Lipinski definition) is 1. The molecule has 5 rings (SSSR count). The van der Waals surface area contributed by atoms with Crippen molar-refractivity contribution in [1.82, 2.24) is 24.6 Å². The van der Waals surface area contributed by atoms with Crippen LogP contribution in [0.1, 0.15) is 13.8 Å². The Morgan fingerprint density at radius 3 is 2.66 bits per heavy atom. The van der Waals surface area contributed by atoms with Crippen LogP contribution >= 0.6 is 0 Å². The van der Waals surface area contributed by atoms with Gasteiger partial charge in [-0.2, -0.15) is 10.4 Å². The lowest BCUT2D eigenvalue weighted by Gasteiger charge is -2.39. The van der Waals surface area contributed by atoms with E-state index in [0.29, 0.717) is 47.9 Å². The summed E-state index contributed by atoms with van der Waals surface area (Å²) in [6, 6.07) is 15.7. The lowest BCUT2D eigenvalue weighted by Crippen LogP contribution is -2.51. The predicted octanol–water partition coefficient (Wildman–Crippen LogP) is 4.57. The molecule has 0 atom stereocenters. The molecule has 2 N–H and O–H groups in total. The number of aromatic nitrogens is 4. The zero-order valence-electron chi connectivity index (χ0n) is 21.0. The maximum Gasteiger partial charge on any atom is 0.264 e. The van der Waals surface area contributed by atoms with E-state index in [2.05, 4.69) is 15.1 Å². The summed E-state index contributed by atoms with van der Waals surface area (Å²) in [5, 5.41) is 14.5. The first-order chi connectivity index (χ1) is 18.3. The number of nitrogens with two attached hydrogens (primary N) is 1. The molecular formula is C28H26FN7O2. The van der Waals surface area contributed by atoms with Crippen LogP contribution in [-0.4, -0.2) is 43.6 Å². The standard InChI is InChI=1S/C28H26FN7O2/c1-17(2)10-19(12-30)28(37)35-13-18(14-35)15-36-27-24(26(31)32-16-33-27)25(34-36)22-9-8-21(11-23(22)29)38-20-6-4-3-5-7-20/h3-11,16-18H,13-15H2,1-2H3,(H2,31,32,33)/b19-10+. The molecule has 1 fully saturated rings. The number of allylic oxidation sites excluding steroid dienone is 1. The summed E-state index contributed by atoms with van der Waals surface area (Å²) < 4.78 is 22.7. The number of nitriles is 1. The molecule has 0 unspecified atom stereocenters. The van der Waals surface area contributed by atoms with Gasteiger partial charge in [-0.05, 0) is 30.2 Å². The molecule has 10 heteroatoms. The number of nitrogens with zero attached hydrogens (tertiary/aromatic N) is 6. The van der Waals surface area contributed by atoms with Crippen molar-refractivity contribution in [3.63, 3.8) is 0 Å². The van der Waals surface area contributed by atoms with Gasteiger partial charge < -0.3 is 15.4 Å². The third kappa shape index (κ3) is 4.91. The molecule has 38 heavy (non-hydrogen) atoms. The summed E-state index contributed by atoms with van der Waals surface area (Å²) in [6.45, 7) is 5.25. The van der Waals surface area contributed by atoms with Crippen molar-refractivity contribution < 1.29 is 13.9 Å². The van der Waals surface area contributed by atoms with Crippen LogP contribution in [-0.2, 0) is 11.3 Å². The van der Waals surface area contributed by atoms with Crippen LogP contribution in [0.15, 0.2) is 66.5 Å². The van der Waals surface area contributed by atoms with E-state index in [1.165, 1.54) is 12.4 Å². The Morgan fingerprint density at radius 1 is 1.21 bits per heavy atom. The van der Waals surface area contributed by atoms with E-state index in [-0.39, 0.29) is 34.7 Å². The SMILES string of the molecule is CC(C)/C=C(\C#N)C(=O)N1CC(Cn2nc(-c3ccc(Oc4ccccc4)cc3F)c3c(N)ncnc32)C1. The van der Waals surface area contributed by atoms with E-state index in [0.717, 1.165) is 0 Å². The summed E-state index contributed by atoms with van der Waals surface area (Å²) in [5.41, 5.74) is 7.40. The molecule has 0 bridgehead atoms. The third-order valence-electron chi connectivity index (χ3n) is 6.26. The topological polar surface area (TPSA) is 123 Å². The van der Waals surface area contributed by atoms with Gasteiger partial charge in [-0.3, -0.25) is 4.79 Å². The van der Waals surface area contributed by atoms with Gasteiger partial charge in [-0.15, -0.1) is 0 Å². The number of nitrogen functional groups attached to an aromatic ring is 1. The number of anilines is 1. The third-order valence-corrected chi connectivity index (χ3v) is 6.26. The summed E-state index contributed by atoms with van der Waals surface area (Å²) in [4.78, 5) is 22.7. The molecule has 0 saturated carbocycles. The Hall–Kier alpha value is -4.78. The number of fused-ring (bicyclic) bond motifs is 1. The fourth-order valence-corrected chi connectivity index (χ4v) is 4.48. The lowest BCUT2D eigenvalue weighted by molar-refractivity contribution is -0.133.